The number of amides is 1. The van der Waals surface area contributed by atoms with Gasteiger partial charge >= 0.3 is 6.09 Å². The van der Waals surface area contributed by atoms with Crippen molar-refractivity contribution in [3.63, 3.8) is 0 Å². The zero-order valence-corrected chi connectivity index (χ0v) is 14.5. The van der Waals surface area contributed by atoms with E-state index in [-0.39, 0.29) is 6.61 Å². The predicted molar refractivity (Wildman–Crippen MR) is 92.7 cm³/mol. The SMILES string of the molecule is CC(C)(C)OC(=O)NCCn1cc(-c2ccccc2CCO)cn1. The predicted octanol–water partition coefficient (Wildman–Crippen LogP) is 2.61. The van der Waals surface area contributed by atoms with Crippen molar-refractivity contribution in [1.82, 2.24) is 15.1 Å². The molecule has 1 amide bonds. The third-order valence-corrected chi connectivity index (χ3v) is 3.35. The number of aliphatic hydroxyl groups excluding tert-OH is 1. The van der Waals surface area contributed by atoms with Crippen LogP contribution in [0.15, 0.2) is 36.7 Å². The Morgan fingerprint density at radius 3 is 2.79 bits per heavy atom. The van der Waals surface area contributed by atoms with Crippen molar-refractivity contribution in [3.05, 3.63) is 42.2 Å². The molecule has 0 saturated carbocycles. The number of benzene rings is 1. The summed E-state index contributed by atoms with van der Waals surface area (Å²) >= 11 is 0. The van der Waals surface area contributed by atoms with Crippen molar-refractivity contribution >= 4 is 6.09 Å². The second-order valence-corrected chi connectivity index (χ2v) is 6.55. The maximum absolute atomic E-state index is 11.6. The number of aliphatic hydroxyl groups is 1. The van der Waals surface area contributed by atoms with Crippen molar-refractivity contribution in [3.8, 4) is 11.1 Å². The minimum atomic E-state index is -0.501. The molecule has 6 nitrogen and oxygen atoms in total. The van der Waals surface area contributed by atoms with Crippen LogP contribution in [0.2, 0.25) is 0 Å². The third kappa shape index (κ3) is 5.38. The summed E-state index contributed by atoms with van der Waals surface area (Å²) in [4.78, 5) is 11.6. The number of aromatic nitrogens is 2. The number of hydrogen-bond acceptors (Lipinski definition) is 4. The van der Waals surface area contributed by atoms with Gasteiger partial charge in [-0.15, -0.1) is 0 Å². The summed E-state index contributed by atoms with van der Waals surface area (Å²) in [6.45, 7) is 6.60. The number of rotatable bonds is 6. The van der Waals surface area contributed by atoms with E-state index in [1.807, 2.05) is 51.2 Å². The van der Waals surface area contributed by atoms with Crippen LogP contribution >= 0.6 is 0 Å². The van der Waals surface area contributed by atoms with Gasteiger partial charge in [-0.3, -0.25) is 4.68 Å². The van der Waals surface area contributed by atoms with Gasteiger partial charge in [-0.1, -0.05) is 24.3 Å². The average molecular weight is 331 g/mol. The summed E-state index contributed by atoms with van der Waals surface area (Å²) in [5, 5.41) is 16.2. The topological polar surface area (TPSA) is 76.4 Å². The van der Waals surface area contributed by atoms with E-state index in [0.29, 0.717) is 19.5 Å². The normalized spacial score (nSPS) is 11.3. The zero-order chi connectivity index (χ0) is 17.6. The Bertz CT molecular complexity index is 674. The molecule has 0 spiro atoms. The van der Waals surface area contributed by atoms with Crippen LogP contribution in [0.4, 0.5) is 4.79 Å². The van der Waals surface area contributed by atoms with E-state index in [9.17, 15) is 9.90 Å². The first kappa shape index (κ1) is 18.0. The molecule has 0 aliphatic carbocycles. The summed E-state index contributed by atoms with van der Waals surface area (Å²) < 4.78 is 6.97. The number of alkyl carbamates (subject to hydrolysis) is 1. The number of carbonyl (C=O) groups is 1. The van der Waals surface area contributed by atoms with Gasteiger partial charge in [0.2, 0.25) is 0 Å². The molecule has 130 valence electrons. The number of ether oxygens (including phenoxy) is 1. The Morgan fingerprint density at radius 1 is 1.33 bits per heavy atom. The van der Waals surface area contributed by atoms with Crippen molar-refractivity contribution in [2.75, 3.05) is 13.2 Å². The highest BCUT2D eigenvalue weighted by Crippen LogP contribution is 2.23. The minimum Gasteiger partial charge on any atom is -0.444 e. The van der Waals surface area contributed by atoms with Crippen LogP contribution in [0.1, 0.15) is 26.3 Å². The summed E-state index contributed by atoms with van der Waals surface area (Å²) in [5.74, 6) is 0. The van der Waals surface area contributed by atoms with Gasteiger partial charge in [0.05, 0.1) is 12.7 Å². The van der Waals surface area contributed by atoms with Gasteiger partial charge in [0.25, 0.3) is 0 Å². The van der Waals surface area contributed by atoms with Crippen molar-refractivity contribution in [2.45, 2.75) is 39.3 Å². The van der Waals surface area contributed by atoms with Crippen LogP contribution in [0.3, 0.4) is 0 Å². The summed E-state index contributed by atoms with van der Waals surface area (Å²) in [7, 11) is 0. The fourth-order valence-electron chi connectivity index (χ4n) is 2.35. The molecule has 24 heavy (non-hydrogen) atoms. The largest absolute Gasteiger partial charge is 0.444 e. The van der Waals surface area contributed by atoms with E-state index in [2.05, 4.69) is 10.4 Å². The van der Waals surface area contributed by atoms with E-state index < -0.39 is 11.7 Å². The van der Waals surface area contributed by atoms with Crippen LogP contribution in [-0.4, -0.2) is 39.7 Å². The number of nitrogens with one attached hydrogen (secondary N) is 1. The highest BCUT2D eigenvalue weighted by atomic mass is 16.6. The van der Waals surface area contributed by atoms with E-state index in [0.717, 1.165) is 16.7 Å². The molecule has 0 aliphatic heterocycles. The lowest BCUT2D eigenvalue weighted by Crippen LogP contribution is -2.34. The molecule has 0 atom stereocenters. The van der Waals surface area contributed by atoms with Gasteiger partial charge < -0.3 is 15.2 Å². The maximum Gasteiger partial charge on any atom is 0.407 e. The summed E-state index contributed by atoms with van der Waals surface area (Å²) in [6, 6.07) is 7.96. The molecule has 0 saturated heterocycles. The van der Waals surface area contributed by atoms with Gasteiger partial charge in [-0.25, -0.2) is 4.79 Å². The highest BCUT2D eigenvalue weighted by Gasteiger charge is 2.15. The second kappa shape index (κ2) is 7.97. The molecule has 1 aromatic heterocycles. The van der Waals surface area contributed by atoms with E-state index in [1.54, 1.807) is 10.9 Å². The molecule has 1 heterocycles. The Labute approximate surface area is 142 Å². The molecule has 0 fully saturated rings. The van der Waals surface area contributed by atoms with Crippen LogP contribution in [0, 0.1) is 0 Å². The van der Waals surface area contributed by atoms with Crippen molar-refractivity contribution in [2.24, 2.45) is 0 Å². The lowest BCUT2D eigenvalue weighted by molar-refractivity contribution is 0.0525. The van der Waals surface area contributed by atoms with Crippen LogP contribution in [0.5, 0.6) is 0 Å². The Balaban J connectivity index is 1.93. The lowest BCUT2D eigenvalue weighted by Gasteiger charge is -2.19. The average Bonchev–Trinajstić information content (AvgIpc) is 2.95. The molecule has 2 aromatic rings. The first-order valence-corrected chi connectivity index (χ1v) is 8.07. The first-order chi connectivity index (χ1) is 11.4. The van der Waals surface area contributed by atoms with E-state index in [1.165, 1.54) is 0 Å². The fourth-order valence-corrected chi connectivity index (χ4v) is 2.35. The molecular formula is C18H25N3O3. The van der Waals surface area contributed by atoms with Crippen molar-refractivity contribution < 1.29 is 14.6 Å². The Hall–Kier alpha value is -2.34. The number of nitrogens with zero attached hydrogens (tertiary/aromatic N) is 2. The Morgan fingerprint density at radius 2 is 2.08 bits per heavy atom. The zero-order valence-electron chi connectivity index (χ0n) is 14.5. The maximum atomic E-state index is 11.6. The molecular weight excluding hydrogens is 306 g/mol. The Kier molecular flexibility index (Phi) is 5.98. The molecule has 0 aliphatic rings. The summed E-state index contributed by atoms with van der Waals surface area (Å²) in [6.07, 6.45) is 3.92. The first-order valence-electron chi connectivity index (χ1n) is 8.07. The van der Waals surface area contributed by atoms with Gasteiger partial charge in [0.1, 0.15) is 5.60 Å². The highest BCUT2D eigenvalue weighted by molar-refractivity contribution is 5.67. The summed E-state index contributed by atoms with van der Waals surface area (Å²) in [5.41, 5.74) is 2.65. The van der Waals surface area contributed by atoms with Crippen molar-refractivity contribution in [1.29, 1.82) is 0 Å². The lowest BCUT2D eigenvalue weighted by atomic mass is 10.0. The molecule has 2 N–H and O–H groups in total. The molecule has 0 unspecified atom stereocenters. The quantitative estimate of drug-likeness (QED) is 0.853. The van der Waals surface area contributed by atoms with Crippen LogP contribution < -0.4 is 5.32 Å². The monoisotopic (exact) mass is 331 g/mol. The molecule has 1 aromatic carbocycles. The number of carbonyl (C=O) groups excluding carboxylic acids is 1. The minimum absolute atomic E-state index is 0.116. The standard InChI is InChI=1S/C18H25N3O3/c1-18(2,3)24-17(23)19-9-10-21-13-15(12-20-21)16-7-5-4-6-14(16)8-11-22/h4-7,12-13,22H,8-11H2,1-3H3,(H,19,23). The van der Waals surface area contributed by atoms with Crippen LogP contribution in [-0.2, 0) is 17.7 Å². The molecule has 2 rings (SSSR count). The molecule has 0 bridgehead atoms. The van der Waals surface area contributed by atoms with Gasteiger partial charge in [-0.2, -0.15) is 5.10 Å². The van der Waals surface area contributed by atoms with E-state index >= 15 is 0 Å². The van der Waals surface area contributed by atoms with Gasteiger partial charge in [0, 0.05) is 24.9 Å². The van der Waals surface area contributed by atoms with E-state index in [4.69, 9.17) is 4.74 Å². The van der Waals surface area contributed by atoms with Gasteiger partial charge in [-0.05, 0) is 38.3 Å². The van der Waals surface area contributed by atoms with Crippen LogP contribution in [0.25, 0.3) is 11.1 Å². The van der Waals surface area contributed by atoms with Gasteiger partial charge in [0.15, 0.2) is 0 Å². The smallest absolute Gasteiger partial charge is 0.407 e. The second-order valence-electron chi connectivity index (χ2n) is 6.55. The molecule has 0 radical (unpaired) electrons. The number of hydrogen-bond donors (Lipinski definition) is 2. The molecule has 6 heteroatoms. The fraction of sp³-hybridized carbons (Fsp3) is 0.444. The third-order valence-electron chi connectivity index (χ3n) is 3.35.